The Morgan fingerprint density at radius 2 is 1.66 bits per heavy atom. The van der Waals surface area contributed by atoms with Gasteiger partial charge in [-0.25, -0.2) is 8.42 Å². The molecule has 11 heteroatoms. The molecule has 0 fully saturated rings. The lowest BCUT2D eigenvalue weighted by Crippen LogP contribution is -2.50. The molecule has 2 aromatic carbocycles. The monoisotopic (exact) mass is 541 g/mol. The number of aryl methyl sites for hydroxylation is 1. The van der Waals surface area contributed by atoms with Gasteiger partial charge in [0, 0.05) is 42.9 Å². The molecule has 3 amide bonds. The maximum Gasteiger partial charge on any atom is 0.257 e. The fourth-order valence-corrected chi connectivity index (χ4v) is 5.08. The van der Waals surface area contributed by atoms with Crippen LogP contribution in [0.25, 0.3) is 10.9 Å². The molecule has 0 saturated carbocycles. The average molecular weight is 542 g/mol. The second-order valence-electron chi connectivity index (χ2n) is 9.74. The molecule has 3 rings (SSSR count). The molecule has 0 radical (unpaired) electrons. The summed E-state index contributed by atoms with van der Waals surface area (Å²) in [5.41, 5.74) is 4.89. The smallest absolute Gasteiger partial charge is 0.257 e. The van der Waals surface area contributed by atoms with Crippen LogP contribution in [-0.4, -0.2) is 44.2 Å². The number of benzene rings is 2. The van der Waals surface area contributed by atoms with Gasteiger partial charge in [-0.1, -0.05) is 49.7 Å². The van der Waals surface area contributed by atoms with Crippen molar-refractivity contribution in [1.29, 1.82) is 0 Å². The maximum absolute atomic E-state index is 13.3. The zero-order chi connectivity index (χ0) is 27.9. The van der Waals surface area contributed by atoms with E-state index in [4.69, 9.17) is 0 Å². The number of aromatic amines is 1. The molecule has 0 aliphatic carbocycles. The summed E-state index contributed by atoms with van der Waals surface area (Å²) in [4.78, 5) is 43.8. The Morgan fingerprint density at radius 3 is 2.32 bits per heavy atom. The fraction of sp³-hybridized carbons (Fsp3) is 0.370. The van der Waals surface area contributed by atoms with Crippen LogP contribution < -0.4 is 20.9 Å². The summed E-state index contributed by atoms with van der Waals surface area (Å²) in [5, 5.41) is 6.34. The molecule has 0 saturated heterocycles. The highest BCUT2D eigenvalue weighted by Gasteiger charge is 2.28. The van der Waals surface area contributed by atoms with Gasteiger partial charge >= 0.3 is 0 Å². The molecule has 1 heterocycles. The molecule has 2 atom stereocenters. The number of fused-ring (bicyclic) bond motifs is 1. The van der Waals surface area contributed by atoms with Crippen LogP contribution in [0.5, 0.6) is 0 Å². The van der Waals surface area contributed by atoms with Crippen LogP contribution in [0.3, 0.4) is 0 Å². The minimum Gasteiger partial charge on any atom is -0.361 e. The minimum atomic E-state index is -3.97. The number of amides is 3. The standard InChI is InChI=1S/C27H35N5O5S/c1-17(2)13-19(15-25(33)31-32-38(36,37)21-11-9-18(3)10-12-21)26(34)30-24(27(35)28-4)14-20-16-29-23-8-6-5-7-22(20)23/h5-12,16-17,19,24,29,32H,13-15H2,1-4H3,(H,28,35)(H,30,34)(H,31,33)/t19-,24?/m0/s1. The van der Waals surface area contributed by atoms with Crippen molar-refractivity contribution in [3.63, 3.8) is 0 Å². The van der Waals surface area contributed by atoms with Gasteiger partial charge in [0.1, 0.15) is 6.04 Å². The van der Waals surface area contributed by atoms with Gasteiger partial charge in [-0.05, 0) is 43.0 Å². The predicted octanol–water partition coefficient (Wildman–Crippen LogP) is 2.31. The molecule has 204 valence electrons. The van der Waals surface area contributed by atoms with E-state index in [1.807, 2.05) is 51.2 Å². The third-order valence-corrected chi connectivity index (χ3v) is 7.46. The van der Waals surface area contributed by atoms with Crippen LogP contribution in [0.2, 0.25) is 0 Å². The summed E-state index contributed by atoms with van der Waals surface area (Å²) in [6, 6.07) is 13.0. The van der Waals surface area contributed by atoms with Crippen molar-refractivity contribution in [2.45, 2.75) is 51.0 Å². The number of carbonyl (C=O) groups excluding carboxylic acids is 3. The lowest BCUT2D eigenvalue weighted by molar-refractivity contribution is -0.133. The van der Waals surface area contributed by atoms with Crippen LogP contribution in [0.4, 0.5) is 0 Å². The number of rotatable bonds is 12. The fourth-order valence-electron chi connectivity index (χ4n) is 4.22. The van der Waals surface area contributed by atoms with Gasteiger partial charge in [0.05, 0.1) is 4.90 Å². The molecule has 0 aliphatic rings. The zero-order valence-corrected chi connectivity index (χ0v) is 22.8. The van der Waals surface area contributed by atoms with Gasteiger partial charge in [0.15, 0.2) is 0 Å². The molecule has 1 aromatic heterocycles. The van der Waals surface area contributed by atoms with E-state index in [0.717, 1.165) is 22.0 Å². The second kappa shape index (κ2) is 12.7. The van der Waals surface area contributed by atoms with E-state index in [9.17, 15) is 22.8 Å². The van der Waals surface area contributed by atoms with Gasteiger partial charge in [-0.3, -0.25) is 19.8 Å². The Kier molecular flexibility index (Phi) is 9.65. The van der Waals surface area contributed by atoms with Crippen molar-refractivity contribution in [3.05, 3.63) is 65.9 Å². The predicted molar refractivity (Wildman–Crippen MR) is 145 cm³/mol. The molecule has 0 bridgehead atoms. The van der Waals surface area contributed by atoms with Gasteiger partial charge in [0.25, 0.3) is 10.0 Å². The van der Waals surface area contributed by atoms with Gasteiger partial charge in [0.2, 0.25) is 17.7 Å². The number of hydrazine groups is 1. The summed E-state index contributed by atoms with van der Waals surface area (Å²) in [6.07, 6.45) is 2.18. The summed E-state index contributed by atoms with van der Waals surface area (Å²) < 4.78 is 25.0. The highest BCUT2D eigenvalue weighted by Crippen LogP contribution is 2.21. The first-order valence-electron chi connectivity index (χ1n) is 12.4. The summed E-state index contributed by atoms with van der Waals surface area (Å²) in [7, 11) is -2.47. The summed E-state index contributed by atoms with van der Waals surface area (Å²) in [5.74, 6) is -2.16. The molecule has 10 nitrogen and oxygen atoms in total. The second-order valence-corrected chi connectivity index (χ2v) is 11.4. The average Bonchev–Trinajstić information content (AvgIpc) is 3.29. The van der Waals surface area contributed by atoms with Gasteiger partial charge in [-0.15, -0.1) is 4.83 Å². The van der Waals surface area contributed by atoms with E-state index < -0.39 is 33.8 Å². The van der Waals surface area contributed by atoms with E-state index in [1.54, 1.807) is 12.1 Å². The van der Waals surface area contributed by atoms with Crippen LogP contribution in [0.15, 0.2) is 59.6 Å². The molecular weight excluding hydrogens is 506 g/mol. The SMILES string of the molecule is CNC(=O)C(Cc1c[nH]c2ccccc12)NC(=O)[C@H](CC(=O)NNS(=O)(=O)c1ccc(C)cc1)CC(C)C. The molecule has 38 heavy (non-hydrogen) atoms. The summed E-state index contributed by atoms with van der Waals surface area (Å²) in [6.45, 7) is 5.67. The number of carbonyl (C=O) groups is 3. The number of H-pyrrole nitrogens is 1. The third kappa shape index (κ3) is 7.65. The van der Waals surface area contributed by atoms with E-state index in [-0.39, 0.29) is 29.6 Å². The minimum absolute atomic E-state index is 0.00516. The number of nitrogens with one attached hydrogen (secondary N) is 5. The zero-order valence-electron chi connectivity index (χ0n) is 22.0. The Morgan fingerprint density at radius 1 is 0.974 bits per heavy atom. The molecule has 0 aliphatic heterocycles. The first kappa shape index (κ1) is 28.9. The van der Waals surface area contributed by atoms with Crippen molar-refractivity contribution in [1.82, 2.24) is 25.9 Å². The van der Waals surface area contributed by atoms with Crippen LogP contribution in [0.1, 0.15) is 37.8 Å². The normalized spacial score (nSPS) is 13.2. The number of hydrogen-bond donors (Lipinski definition) is 5. The highest BCUT2D eigenvalue weighted by atomic mass is 32.2. The highest BCUT2D eigenvalue weighted by molar-refractivity contribution is 7.89. The van der Waals surface area contributed by atoms with E-state index in [2.05, 4.69) is 25.9 Å². The largest absolute Gasteiger partial charge is 0.361 e. The van der Waals surface area contributed by atoms with Gasteiger partial charge in [-0.2, -0.15) is 0 Å². The van der Waals surface area contributed by atoms with Crippen molar-refractivity contribution in [3.8, 4) is 0 Å². The van der Waals surface area contributed by atoms with Crippen molar-refractivity contribution < 1.29 is 22.8 Å². The van der Waals surface area contributed by atoms with E-state index >= 15 is 0 Å². The quantitative estimate of drug-likeness (QED) is 0.223. The number of likely N-dealkylation sites (N-methyl/N-ethyl adjacent to an activating group) is 1. The molecular formula is C27H35N5O5S. The van der Waals surface area contributed by atoms with Gasteiger partial charge < -0.3 is 15.6 Å². The lowest BCUT2D eigenvalue weighted by Gasteiger charge is -2.23. The Bertz CT molecular complexity index is 1380. The Hall–Kier alpha value is -3.70. The van der Waals surface area contributed by atoms with E-state index in [0.29, 0.717) is 6.42 Å². The third-order valence-electron chi connectivity index (χ3n) is 6.19. The van der Waals surface area contributed by atoms with Crippen LogP contribution >= 0.6 is 0 Å². The van der Waals surface area contributed by atoms with Crippen LogP contribution in [0, 0.1) is 18.8 Å². The number of para-hydroxylation sites is 1. The number of aromatic nitrogens is 1. The van der Waals surface area contributed by atoms with Crippen LogP contribution in [-0.2, 0) is 30.8 Å². The molecule has 5 N–H and O–H groups in total. The van der Waals surface area contributed by atoms with E-state index in [1.165, 1.54) is 19.2 Å². The number of sulfonamides is 1. The molecule has 3 aromatic rings. The Balaban J connectivity index is 1.68. The maximum atomic E-state index is 13.3. The molecule has 1 unspecified atom stereocenters. The van der Waals surface area contributed by atoms with Crippen molar-refractivity contribution in [2.24, 2.45) is 11.8 Å². The van der Waals surface area contributed by atoms with Crippen molar-refractivity contribution >= 4 is 38.6 Å². The summed E-state index contributed by atoms with van der Waals surface area (Å²) >= 11 is 0. The molecule has 0 spiro atoms. The first-order valence-corrected chi connectivity index (χ1v) is 13.9. The lowest BCUT2D eigenvalue weighted by atomic mass is 9.92. The topological polar surface area (TPSA) is 149 Å². The van der Waals surface area contributed by atoms with Crippen molar-refractivity contribution in [2.75, 3.05) is 7.05 Å². The number of hydrogen-bond acceptors (Lipinski definition) is 5. The Labute approximate surface area is 223 Å². The first-order chi connectivity index (χ1) is 18.0.